The van der Waals surface area contributed by atoms with Gasteiger partial charge in [-0.3, -0.25) is 5.10 Å². The molecular formula is C14H17N3S. The summed E-state index contributed by atoms with van der Waals surface area (Å²) < 4.78 is 2.92. The molecule has 18 heavy (non-hydrogen) atoms. The van der Waals surface area contributed by atoms with Crippen LogP contribution >= 0.6 is 12.2 Å². The second-order valence-corrected chi connectivity index (χ2v) is 5.47. The van der Waals surface area contributed by atoms with Crippen LogP contribution < -0.4 is 0 Å². The number of nitrogens with zero attached hydrogens (tertiary/aromatic N) is 2. The Morgan fingerprint density at radius 1 is 1.39 bits per heavy atom. The van der Waals surface area contributed by atoms with E-state index in [0.717, 1.165) is 17.1 Å². The highest BCUT2D eigenvalue weighted by Crippen LogP contribution is 2.39. The lowest BCUT2D eigenvalue weighted by Gasteiger charge is -2.14. The lowest BCUT2D eigenvalue weighted by Crippen LogP contribution is -2.09. The molecule has 1 fully saturated rings. The fraction of sp³-hybridized carbons (Fsp3) is 0.429. The second-order valence-electron chi connectivity index (χ2n) is 5.08. The number of rotatable bonds is 4. The fourth-order valence-electron chi connectivity index (χ4n) is 2.32. The third-order valence-corrected chi connectivity index (χ3v) is 3.87. The maximum Gasteiger partial charge on any atom is 0.195 e. The van der Waals surface area contributed by atoms with Crippen LogP contribution in [0.3, 0.4) is 0 Å². The minimum atomic E-state index is 0.452. The number of benzene rings is 1. The van der Waals surface area contributed by atoms with Gasteiger partial charge in [0.05, 0.1) is 0 Å². The molecule has 1 N–H and O–H groups in total. The standard InChI is InChI=1S/C14H17N3S/c1-10(11-5-3-2-4-6-11)9-17-13(12-7-8-12)15-16-14(17)18/h2-6,10,12H,7-9H2,1H3,(H,16,18). The average Bonchev–Trinajstić information content (AvgIpc) is 3.17. The predicted molar refractivity (Wildman–Crippen MR) is 74.2 cm³/mol. The number of hydrogen-bond donors (Lipinski definition) is 1. The van der Waals surface area contributed by atoms with Gasteiger partial charge in [-0.25, -0.2) is 0 Å². The van der Waals surface area contributed by atoms with E-state index in [1.807, 2.05) is 0 Å². The fourth-order valence-corrected chi connectivity index (χ4v) is 2.53. The molecular weight excluding hydrogens is 242 g/mol. The van der Waals surface area contributed by atoms with E-state index >= 15 is 0 Å². The summed E-state index contributed by atoms with van der Waals surface area (Å²) in [4.78, 5) is 0. The molecule has 1 aromatic heterocycles. The van der Waals surface area contributed by atoms with Crippen LogP contribution in [0.15, 0.2) is 30.3 Å². The molecule has 1 unspecified atom stereocenters. The Hall–Kier alpha value is -1.42. The second kappa shape index (κ2) is 4.69. The molecule has 1 heterocycles. The van der Waals surface area contributed by atoms with Crippen molar-refractivity contribution >= 4 is 12.2 Å². The van der Waals surface area contributed by atoms with Gasteiger partial charge in [0.1, 0.15) is 5.82 Å². The minimum Gasteiger partial charge on any atom is -0.303 e. The van der Waals surface area contributed by atoms with Gasteiger partial charge in [0.15, 0.2) is 4.77 Å². The van der Waals surface area contributed by atoms with E-state index in [1.165, 1.54) is 18.4 Å². The van der Waals surface area contributed by atoms with Crippen LogP contribution in [-0.4, -0.2) is 14.8 Å². The molecule has 0 radical (unpaired) electrons. The largest absolute Gasteiger partial charge is 0.303 e. The van der Waals surface area contributed by atoms with Crippen LogP contribution in [0.5, 0.6) is 0 Å². The Morgan fingerprint density at radius 2 is 2.11 bits per heavy atom. The minimum absolute atomic E-state index is 0.452. The molecule has 4 heteroatoms. The van der Waals surface area contributed by atoms with Gasteiger partial charge in [0.2, 0.25) is 0 Å². The van der Waals surface area contributed by atoms with E-state index in [2.05, 4.69) is 52.0 Å². The zero-order valence-electron chi connectivity index (χ0n) is 10.5. The maximum absolute atomic E-state index is 5.33. The van der Waals surface area contributed by atoms with Gasteiger partial charge in [-0.15, -0.1) is 0 Å². The van der Waals surface area contributed by atoms with Crippen molar-refractivity contribution in [1.29, 1.82) is 0 Å². The number of aromatic nitrogens is 3. The number of aromatic amines is 1. The van der Waals surface area contributed by atoms with E-state index in [1.54, 1.807) is 0 Å². The Balaban J connectivity index is 1.84. The van der Waals surface area contributed by atoms with Crippen molar-refractivity contribution in [2.75, 3.05) is 0 Å². The average molecular weight is 259 g/mol. The highest BCUT2D eigenvalue weighted by Gasteiger charge is 2.29. The summed E-state index contributed by atoms with van der Waals surface area (Å²) in [7, 11) is 0. The van der Waals surface area contributed by atoms with Crippen LogP contribution in [0.25, 0.3) is 0 Å². The summed E-state index contributed by atoms with van der Waals surface area (Å²) >= 11 is 5.33. The lowest BCUT2D eigenvalue weighted by molar-refractivity contribution is 0.567. The third kappa shape index (κ3) is 2.25. The molecule has 1 saturated carbocycles. The Morgan fingerprint density at radius 3 is 2.78 bits per heavy atom. The first kappa shape index (κ1) is 11.7. The quantitative estimate of drug-likeness (QED) is 0.851. The van der Waals surface area contributed by atoms with E-state index < -0.39 is 0 Å². The molecule has 0 bridgehead atoms. The van der Waals surface area contributed by atoms with Crippen LogP contribution in [0, 0.1) is 4.77 Å². The summed E-state index contributed by atoms with van der Waals surface area (Å²) in [6.07, 6.45) is 2.50. The lowest BCUT2D eigenvalue weighted by atomic mass is 10.0. The molecule has 1 atom stereocenters. The Bertz CT molecular complexity index is 581. The van der Waals surface area contributed by atoms with E-state index in [9.17, 15) is 0 Å². The van der Waals surface area contributed by atoms with E-state index in [-0.39, 0.29) is 0 Å². The van der Waals surface area contributed by atoms with Gasteiger partial charge in [0, 0.05) is 12.5 Å². The van der Waals surface area contributed by atoms with Gasteiger partial charge >= 0.3 is 0 Å². The predicted octanol–water partition coefficient (Wildman–Crippen LogP) is 3.62. The van der Waals surface area contributed by atoms with Crippen molar-refractivity contribution in [3.8, 4) is 0 Å². The normalized spacial score (nSPS) is 16.7. The van der Waals surface area contributed by atoms with Crippen molar-refractivity contribution in [2.45, 2.75) is 38.1 Å². The molecule has 0 aliphatic heterocycles. The first-order valence-electron chi connectivity index (χ1n) is 6.45. The molecule has 0 saturated heterocycles. The Kier molecular flexibility index (Phi) is 3.04. The van der Waals surface area contributed by atoms with Gasteiger partial charge in [-0.1, -0.05) is 37.3 Å². The summed E-state index contributed by atoms with van der Waals surface area (Å²) in [6, 6.07) is 10.6. The summed E-state index contributed by atoms with van der Waals surface area (Å²) in [5, 5.41) is 7.30. The first-order valence-corrected chi connectivity index (χ1v) is 6.86. The van der Waals surface area contributed by atoms with E-state index in [4.69, 9.17) is 12.2 Å². The van der Waals surface area contributed by atoms with Crippen molar-refractivity contribution < 1.29 is 0 Å². The van der Waals surface area contributed by atoms with Crippen molar-refractivity contribution in [3.05, 3.63) is 46.5 Å². The first-order chi connectivity index (χ1) is 8.75. The molecule has 0 spiro atoms. The zero-order valence-corrected chi connectivity index (χ0v) is 11.3. The zero-order chi connectivity index (χ0) is 12.5. The topological polar surface area (TPSA) is 33.6 Å². The molecule has 1 aliphatic rings. The number of H-pyrrole nitrogens is 1. The molecule has 0 amide bonds. The van der Waals surface area contributed by atoms with Crippen molar-refractivity contribution in [1.82, 2.24) is 14.8 Å². The smallest absolute Gasteiger partial charge is 0.195 e. The van der Waals surface area contributed by atoms with Gasteiger partial charge in [0.25, 0.3) is 0 Å². The maximum atomic E-state index is 5.33. The molecule has 3 nitrogen and oxygen atoms in total. The van der Waals surface area contributed by atoms with Crippen molar-refractivity contribution in [2.24, 2.45) is 0 Å². The van der Waals surface area contributed by atoms with Gasteiger partial charge in [-0.05, 0) is 36.5 Å². The highest BCUT2D eigenvalue weighted by molar-refractivity contribution is 7.71. The SMILES string of the molecule is CC(Cn1c(C2CC2)n[nH]c1=S)c1ccccc1. The summed E-state index contributed by atoms with van der Waals surface area (Å²) in [6.45, 7) is 3.14. The van der Waals surface area contributed by atoms with Gasteiger partial charge < -0.3 is 4.57 Å². The molecule has 2 aromatic rings. The van der Waals surface area contributed by atoms with Crippen LogP contribution in [0.1, 0.15) is 43.0 Å². The summed E-state index contributed by atoms with van der Waals surface area (Å²) in [5.41, 5.74) is 1.35. The van der Waals surface area contributed by atoms with Crippen LogP contribution in [0.4, 0.5) is 0 Å². The molecule has 1 aliphatic carbocycles. The molecule has 94 valence electrons. The van der Waals surface area contributed by atoms with Gasteiger partial charge in [-0.2, -0.15) is 5.10 Å². The molecule has 1 aromatic carbocycles. The highest BCUT2D eigenvalue weighted by atomic mass is 32.1. The third-order valence-electron chi connectivity index (χ3n) is 3.56. The Labute approximate surface area is 112 Å². The van der Waals surface area contributed by atoms with Crippen LogP contribution in [0.2, 0.25) is 0 Å². The number of nitrogens with one attached hydrogen (secondary N) is 1. The monoisotopic (exact) mass is 259 g/mol. The van der Waals surface area contributed by atoms with Crippen LogP contribution in [-0.2, 0) is 6.54 Å². The molecule has 3 rings (SSSR count). The van der Waals surface area contributed by atoms with Crippen molar-refractivity contribution in [3.63, 3.8) is 0 Å². The number of hydrogen-bond acceptors (Lipinski definition) is 2. The summed E-state index contributed by atoms with van der Waals surface area (Å²) in [5.74, 6) is 2.22. The van der Waals surface area contributed by atoms with E-state index in [0.29, 0.717) is 11.8 Å².